The van der Waals surface area contributed by atoms with Crippen LogP contribution in [0.25, 0.3) is 0 Å². The largest absolute Gasteiger partial charge is 0.454 e. The fourth-order valence-corrected chi connectivity index (χ4v) is 2.78. The van der Waals surface area contributed by atoms with E-state index < -0.39 is 0 Å². The van der Waals surface area contributed by atoms with Crippen molar-refractivity contribution in [2.75, 3.05) is 20.9 Å². The van der Waals surface area contributed by atoms with E-state index in [1.54, 1.807) is 12.1 Å². The highest BCUT2D eigenvalue weighted by Crippen LogP contribution is 2.39. The predicted octanol–water partition coefficient (Wildman–Crippen LogP) is 3.06. The Morgan fingerprint density at radius 1 is 1.17 bits per heavy atom. The van der Waals surface area contributed by atoms with Crippen molar-refractivity contribution in [1.29, 1.82) is 0 Å². The van der Waals surface area contributed by atoms with E-state index in [0.29, 0.717) is 28.6 Å². The Labute approximate surface area is 146 Å². The van der Waals surface area contributed by atoms with E-state index >= 15 is 0 Å². The SMILES string of the molecule is CN(C)Cc1ccc(CNC(=O)c2cc(Cl)c3c(c2)OCO3)cc1. The molecule has 24 heavy (non-hydrogen) atoms. The maximum absolute atomic E-state index is 12.3. The topological polar surface area (TPSA) is 50.8 Å². The summed E-state index contributed by atoms with van der Waals surface area (Å²) in [7, 11) is 4.06. The van der Waals surface area contributed by atoms with Gasteiger partial charge in [0, 0.05) is 18.7 Å². The second-order valence-corrected chi connectivity index (χ2v) is 6.34. The third-order valence-corrected chi connectivity index (χ3v) is 3.95. The number of nitrogens with one attached hydrogen (secondary N) is 1. The van der Waals surface area contributed by atoms with Crippen LogP contribution in [-0.4, -0.2) is 31.7 Å². The number of hydrogen-bond acceptors (Lipinski definition) is 4. The molecule has 1 amide bonds. The summed E-state index contributed by atoms with van der Waals surface area (Å²) in [5.74, 6) is 0.790. The summed E-state index contributed by atoms with van der Waals surface area (Å²) in [4.78, 5) is 14.4. The monoisotopic (exact) mass is 346 g/mol. The van der Waals surface area contributed by atoms with Gasteiger partial charge in [-0.25, -0.2) is 0 Å². The molecule has 0 saturated heterocycles. The fourth-order valence-electron chi connectivity index (χ4n) is 2.51. The number of carbonyl (C=O) groups excluding carboxylic acids is 1. The second-order valence-electron chi connectivity index (χ2n) is 5.93. The number of carbonyl (C=O) groups is 1. The molecule has 1 aliphatic heterocycles. The minimum atomic E-state index is -0.201. The molecule has 0 radical (unpaired) electrons. The molecule has 0 fully saturated rings. The summed E-state index contributed by atoms with van der Waals surface area (Å²) in [6, 6.07) is 11.4. The lowest BCUT2D eigenvalue weighted by Crippen LogP contribution is -2.22. The minimum Gasteiger partial charge on any atom is -0.454 e. The van der Waals surface area contributed by atoms with Crippen LogP contribution in [0.15, 0.2) is 36.4 Å². The first-order valence-electron chi connectivity index (χ1n) is 7.63. The van der Waals surface area contributed by atoms with Crippen molar-refractivity contribution in [3.8, 4) is 11.5 Å². The third-order valence-electron chi connectivity index (χ3n) is 3.66. The molecule has 2 aromatic carbocycles. The van der Waals surface area contributed by atoms with Crippen LogP contribution in [-0.2, 0) is 13.1 Å². The van der Waals surface area contributed by atoms with Gasteiger partial charge in [-0.15, -0.1) is 0 Å². The summed E-state index contributed by atoms with van der Waals surface area (Å²) < 4.78 is 10.5. The number of rotatable bonds is 5. The average molecular weight is 347 g/mol. The van der Waals surface area contributed by atoms with Gasteiger partial charge in [-0.05, 0) is 37.4 Å². The van der Waals surface area contributed by atoms with E-state index in [2.05, 4.69) is 22.3 Å². The van der Waals surface area contributed by atoms with E-state index in [0.717, 1.165) is 12.1 Å². The highest BCUT2D eigenvalue weighted by atomic mass is 35.5. The maximum Gasteiger partial charge on any atom is 0.251 e. The van der Waals surface area contributed by atoms with Gasteiger partial charge in [0.15, 0.2) is 11.5 Å². The standard InChI is InChI=1S/C18H19ClN2O3/c1-21(2)10-13-5-3-12(4-6-13)9-20-18(22)14-7-15(19)17-16(8-14)23-11-24-17/h3-8H,9-11H2,1-2H3,(H,20,22). The van der Waals surface area contributed by atoms with Crippen molar-refractivity contribution in [2.24, 2.45) is 0 Å². The first kappa shape index (κ1) is 16.6. The van der Waals surface area contributed by atoms with Crippen LogP contribution in [0.2, 0.25) is 5.02 Å². The van der Waals surface area contributed by atoms with Crippen molar-refractivity contribution >= 4 is 17.5 Å². The Hall–Kier alpha value is -2.24. The molecule has 0 atom stereocenters. The molecule has 5 nitrogen and oxygen atoms in total. The van der Waals surface area contributed by atoms with Gasteiger partial charge in [0.1, 0.15) is 0 Å². The summed E-state index contributed by atoms with van der Waals surface area (Å²) >= 11 is 6.11. The molecule has 0 saturated carbocycles. The Morgan fingerprint density at radius 3 is 2.58 bits per heavy atom. The van der Waals surface area contributed by atoms with Gasteiger partial charge in [-0.1, -0.05) is 35.9 Å². The lowest BCUT2D eigenvalue weighted by Gasteiger charge is -2.11. The lowest BCUT2D eigenvalue weighted by atomic mass is 10.1. The van der Waals surface area contributed by atoms with Gasteiger partial charge >= 0.3 is 0 Å². The molecule has 1 heterocycles. The second kappa shape index (κ2) is 7.11. The number of amides is 1. The molecule has 1 N–H and O–H groups in total. The van der Waals surface area contributed by atoms with Crippen LogP contribution >= 0.6 is 11.6 Å². The molecule has 126 valence electrons. The van der Waals surface area contributed by atoms with E-state index in [9.17, 15) is 4.79 Å². The summed E-state index contributed by atoms with van der Waals surface area (Å²) in [6.07, 6.45) is 0. The molecular formula is C18H19ClN2O3. The summed E-state index contributed by atoms with van der Waals surface area (Å²) in [5.41, 5.74) is 2.73. The zero-order valence-corrected chi connectivity index (χ0v) is 14.4. The molecule has 6 heteroatoms. The van der Waals surface area contributed by atoms with E-state index in [-0.39, 0.29) is 12.7 Å². The Kier molecular flexibility index (Phi) is 4.92. The fraction of sp³-hybridized carbons (Fsp3) is 0.278. The Morgan fingerprint density at radius 2 is 1.88 bits per heavy atom. The molecular weight excluding hydrogens is 328 g/mol. The molecule has 1 aliphatic rings. The number of fused-ring (bicyclic) bond motifs is 1. The van der Waals surface area contributed by atoms with E-state index in [1.807, 2.05) is 26.2 Å². The molecule has 0 bridgehead atoms. The predicted molar refractivity (Wildman–Crippen MR) is 92.6 cm³/mol. The van der Waals surface area contributed by atoms with Crippen molar-refractivity contribution in [2.45, 2.75) is 13.1 Å². The molecule has 3 rings (SSSR count). The van der Waals surface area contributed by atoms with Crippen LogP contribution in [0, 0.1) is 0 Å². The van der Waals surface area contributed by atoms with Gasteiger partial charge in [0.05, 0.1) is 5.02 Å². The first-order chi connectivity index (χ1) is 11.5. The van der Waals surface area contributed by atoms with E-state index in [4.69, 9.17) is 21.1 Å². The zero-order chi connectivity index (χ0) is 17.1. The molecule has 2 aromatic rings. The maximum atomic E-state index is 12.3. The molecule has 0 spiro atoms. The average Bonchev–Trinajstić information content (AvgIpc) is 3.02. The summed E-state index contributed by atoms with van der Waals surface area (Å²) in [6.45, 7) is 1.47. The van der Waals surface area contributed by atoms with Gasteiger partial charge in [0.25, 0.3) is 5.91 Å². The van der Waals surface area contributed by atoms with Gasteiger partial charge in [0.2, 0.25) is 6.79 Å². The molecule has 0 aromatic heterocycles. The highest BCUT2D eigenvalue weighted by molar-refractivity contribution is 6.32. The normalized spacial score (nSPS) is 12.5. The first-order valence-corrected chi connectivity index (χ1v) is 8.00. The Bertz CT molecular complexity index is 745. The number of hydrogen-bond donors (Lipinski definition) is 1. The number of halogens is 1. The van der Waals surface area contributed by atoms with Crippen LogP contribution in [0.4, 0.5) is 0 Å². The van der Waals surface area contributed by atoms with Gasteiger partial charge < -0.3 is 19.7 Å². The minimum absolute atomic E-state index is 0.124. The highest BCUT2D eigenvalue weighted by Gasteiger charge is 2.20. The van der Waals surface area contributed by atoms with Crippen molar-refractivity contribution in [1.82, 2.24) is 10.2 Å². The van der Waals surface area contributed by atoms with Crippen LogP contribution in [0.3, 0.4) is 0 Å². The quantitative estimate of drug-likeness (QED) is 0.904. The Balaban J connectivity index is 1.62. The molecule has 0 unspecified atom stereocenters. The van der Waals surface area contributed by atoms with Crippen molar-refractivity contribution < 1.29 is 14.3 Å². The van der Waals surface area contributed by atoms with E-state index in [1.165, 1.54) is 5.56 Å². The van der Waals surface area contributed by atoms with Crippen LogP contribution in [0.1, 0.15) is 21.5 Å². The van der Waals surface area contributed by atoms with Crippen molar-refractivity contribution in [3.05, 3.63) is 58.1 Å². The molecule has 0 aliphatic carbocycles. The van der Waals surface area contributed by atoms with Crippen molar-refractivity contribution in [3.63, 3.8) is 0 Å². The van der Waals surface area contributed by atoms with Gasteiger partial charge in [-0.3, -0.25) is 4.79 Å². The van der Waals surface area contributed by atoms with Gasteiger partial charge in [-0.2, -0.15) is 0 Å². The van der Waals surface area contributed by atoms with Crippen LogP contribution < -0.4 is 14.8 Å². The lowest BCUT2D eigenvalue weighted by molar-refractivity contribution is 0.0950. The number of benzene rings is 2. The zero-order valence-electron chi connectivity index (χ0n) is 13.6. The third kappa shape index (κ3) is 3.80. The number of nitrogens with zero attached hydrogens (tertiary/aromatic N) is 1. The number of ether oxygens (including phenoxy) is 2. The van der Waals surface area contributed by atoms with Crippen LogP contribution in [0.5, 0.6) is 11.5 Å². The summed E-state index contributed by atoms with van der Waals surface area (Å²) in [5, 5.41) is 3.27. The smallest absolute Gasteiger partial charge is 0.251 e.